The molecule has 0 spiro atoms. The van der Waals surface area contributed by atoms with Gasteiger partial charge in [0.25, 0.3) is 12.3 Å². The minimum absolute atomic E-state index is 0.0160. The maximum Gasteiger partial charge on any atom is 0.410 e. The van der Waals surface area contributed by atoms with E-state index in [0.29, 0.717) is 18.4 Å². The summed E-state index contributed by atoms with van der Waals surface area (Å²) in [6.07, 6.45) is -2.16. The van der Waals surface area contributed by atoms with Crippen molar-refractivity contribution in [2.24, 2.45) is 0 Å². The van der Waals surface area contributed by atoms with Crippen LogP contribution in [0.15, 0.2) is 28.8 Å². The molecule has 0 bridgehead atoms. The Morgan fingerprint density at radius 2 is 1.82 bits per heavy atom. The molecule has 14 heteroatoms. The standard InChI is InChI=1S/C26H28ClF3N6O4/c1-25(2,3)39-24(38)35-11-9-34(10-12-35)19(37)14-36-18(21(29)30)13-17(32-36)22-31-23(33-40-22)26(7-8-26)15-5-4-6-16(28)20(15)27/h4-6,13,21H,7-12,14H2,1-3H3. The summed E-state index contributed by atoms with van der Waals surface area (Å²) >= 11 is 6.19. The molecule has 2 amide bonds. The Kier molecular flexibility index (Phi) is 7.28. The highest BCUT2D eigenvalue weighted by Gasteiger charge is 2.51. The monoisotopic (exact) mass is 580 g/mol. The van der Waals surface area contributed by atoms with Crippen molar-refractivity contribution in [3.05, 3.63) is 52.2 Å². The first-order chi connectivity index (χ1) is 18.9. The molecule has 1 saturated heterocycles. The second-order valence-corrected chi connectivity index (χ2v) is 11.2. The van der Waals surface area contributed by atoms with Gasteiger partial charge in [-0.3, -0.25) is 9.48 Å². The van der Waals surface area contributed by atoms with Gasteiger partial charge in [0.1, 0.15) is 23.7 Å². The zero-order chi connectivity index (χ0) is 28.8. The van der Waals surface area contributed by atoms with E-state index in [1.165, 1.54) is 15.9 Å². The van der Waals surface area contributed by atoms with Gasteiger partial charge in [0.05, 0.1) is 10.4 Å². The fourth-order valence-corrected chi connectivity index (χ4v) is 4.97. The van der Waals surface area contributed by atoms with Gasteiger partial charge in [-0.05, 0) is 51.3 Å². The van der Waals surface area contributed by atoms with Crippen LogP contribution in [0.5, 0.6) is 0 Å². The molecule has 0 N–H and O–H groups in total. The Balaban J connectivity index is 1.29. The van der Waals surface area contributed by atoms with Gasteiger partial charge in [0.2, 0.25) is 5.91 Å². The molecule has 10 nitrogen and oxygen atoms in total. The molecule has 1 aliphatic carbocycles. The summed E-state index contributed by atoms with van der Waals surface area (Å²) in [6, 6.07) is 5.59. The quantitative estimate of drug-likeness (QED) is 0.411. The molecule has 214 valence electrons. The zero-order valence-electron chi connectivity index (χ0n) is 22.2. The van der Waals surface area contributed by atoms with E-state index in [9.17, 15) is 22.8 Å². The topological polar surface area (TPSA) is 107 Å². The molecular weight excluding hydrogens is 553 g/mol. The molecular formula is C26H28ClF3N6O4. The largest absolute Gasteiger partial charge is 0.444 e. The highest BCUT2D eigenvalue weighted by atomic mass is 35.5. The lowest BCUT2D eigenvalue weighted by atomic mass is 9.95. The van der Waals surface area contributed by atoms with Gasteiger partial charge in [0, 0.05) is 26.2 Å². The van der Waals surface area contributed by atoms with Crippen molar-refractivity contribution in [2.75, 3.05) is 26.2 Å². The number of benzene rings is 1. The third kappa shape index (κ3) is 5.51. The molecule has 5 rings (SSSR count). The molecule has 3 aromatic rings. The van der Waals surface area contributed by atoms with Crippen molar-refractivity contribution in [3.63, 3.8) is 0 Å². The van der Waals surface area contributed by atoms with Gasteiger partial charge in [-0.1, -0.05) is 28.9 Å². The number of hydrogen-bond donors (Lipinski definition) is 0. The van der Waals surface area contributed by atoms with Crippen molar-refractivity contribution in [3.8, 4) is 11.6 Å². The van der Waals surface area contributed by atoms with Crippen LogP contribution in [-0.2, 0) is 21.5 Å². The van der Waals surface area contributed by atoms with Gasteiger partial charge < -0.3 is 19.1 Å². The first kappa shape index (κ1) is 27.9. The van der Waals surface area contributed by atoms with Crippen LogP contribution < -0.4 is 0 Å². The number of aromatic nitrogens is 4. The third-order valence-electron chi connectivity index (χ3n) is 6.89. The summed E-state index contributed by atoms with van der Waals surface area (Å²) in [5.74, 6) is -0.843. The molecule has 1 saturated carbocycles. The van der Waals surface area contributed by atoms with Gasteiger partial charge >= 0.3 is 6.09 Å². The van der Waals surface area contributed by atoms with Crippen molar-refractivity contribution in [1.82, 2.24) is 29.7 Å². The maximum absolute atomic E-state index is 14.1. The van der Waals surface area contributed by atoms with Crippen LogP contribution in [-0.4, -0.2) is 73.5 Å². The predicted molar refractivity (Wildman–Crippen MR) is 136 cm³/mol. The molecule has 1 aliphatic heterocycles. The van der Waals surface area contributed by atoms with E-state index >= 15 is 0 Å². The van der Waals surface area contributed by atoms with Gasteiger partial charge in [-0.25, -0.2) is 18.0 Å². The van der Waals surface area contributed by atoms with E-state index in [1.54, 1.807) is 32.9 Å². The van der Waals surface area contributed by atoms with Crippen LogP contribution in [0.3, 0.4) is 0 Å². The van der Waals surface area contributed by atoms with Crippen LogP contribution in [0.1, 0.15) is 57.1 Å². The third-order valence-corrected chi connectivity index (χ3v) is 7.28. The summed E-state index contributed by atoms with van der Waals surface area (Å²) in [5.41, 5.74) is -1.34. The Morgan fingerprint density at radius 1 is 1.15 bits per heavy atom. The Hall–Kier alpha value is -3.61. The van der Waals surface area contributed by atoms with Crippen LogP contribution in [0, 0.1) is 5.82 Å². The fraction of sp³-hybridized carbons (Fsp3) is 0.500. The number of hydrogen-bond acceptors (Lipinski definition) is 7. The van der Waals surface area contributed by atoms with Crippen molar-refractivity contribution in [1.29, 1.82) is 0 Å². The first-order valence-electron chi connectivity index (χ1n) is 12.8. The Bertz CT molecular complexity index is 1420. The van der Waals surface area contributed by atoms with E-state index in [0.717, 1.165) is 10.7 Å². The number of amides is 2. The smallest absolute Gasteiger partial charge is 0.410 e. The number of nitrogens with zero attached hydrogens (tertiary/aromatic N) is 6. The van der Waals surface area contributed by atoms with E-state index in [2.05, 4.69) is 15.2 Å². The number of alkyl halides is 2. The summed E-state index contributed by atoms with van der Waals surface area (Å²) in [7, 11) is 0. The molecule has 40 heavy (non-hydrogen) atoms. The minimum Gasteiger partial charge on any atom is -0.444 e. The van der Waals surface area contributed by atoms with Gasteiger partial charge in [0.15, 0.2) is 11.5 Å². The van der Waals surface area contributed by atoms with E-state index in [-0.39, 0.29) is 48.6 Å². The van der Waals surface area contributed by atoms with Gasteiger partial charge in [-0.2, -0.15) is 10.1 Å². The molecule has 0 atom stereocenters. The van der Waals surface area contributed by atoms with E-state index < -0.39 is 47.5 Å². The number of rotatable bonds is 6. The van der Waals surface area contributed by atoms with Crippen LogP contribution in [0.25, 0.3) is 11.6 Å². The Morgan fingerprint density at radius 3 is 2.45 bits per heavy atom. The second-order valence-electron chi connectivity index (χ2n) is 10.9. The fourth-order valence-electron chi connectivity index (χ4n) is 4.66. The average Bonchev–Trinajstić information content (AvgIpc) is 3.33. The van der Waals surface area contributed by atoms with Crippen LogP contribution in [0.2, 0.25) is 5.02 Å². The summed E-state index contributed by atoms with van der Waals surface area (Å²) in [4.78, 5) is 32.6. The molecule has 0 unspecified atom stereocenters. The highest BCUT2D eigenvalue weighted by molar-refractivity contribution is 6.31. The lowest BCUT2D eigenvalue weighted by Crippen LogP contribution is -2.52. The summed E-state index contributed by atoms with van der Waals surface area (Å²) in [5, 5.41) is 8.15. The minimum atomic E-state index is -2.92. The highest BCUT2D eigenvalue weighted by Crippen LogP contribution is 2.54. The SMILES string of the molecule is CC(C)(C)OC(=O)N1CCN(C(=O)Cn2nc(-c3nc(C4(c5cccc(F)c5Cl)CC4)no3)cc2C(F)F)CC1. The van der Waals surface area contributed by atoms with Crippen LogP contribution in [0.4, 0.5) is 18.0 Å². The number of halogens is 4. The number of carbonyl (C=O) groups excluding carboxylic acids is 2. The Labute approximate surface area is 233 Å². The summed E-state index contributed by atoms with van der Waals surface area (Å²) in [6.45, 7) is 5.84. The maximum atomic E-state index is 14.1. The zero-order valence-corrected chi connectivity index (χ0v) is 22.9. The van der Waals surface area contributed by atoms with Crippen LogP contribution >= 0.6 is 11.6 Å². The van der Waals surface area contributed by atoms with Crippen molar-refractivity contribution < 1.29 is 32.0 Å². The lowest BCUT2D eigenvalue weighted by molar-refractivity contribution is -0.133. The molecule has 2 aromatic heterocycles. The average molecular weight is 581 g/mol. The molecule has 1 aromatic carbocycles. The number of ether oxygens (including phenoxy) is 1. The number of piperazine rings is 1. The first-order valence-corrected chi connectivity index (χ1v) is 13.2. The molecule has 3 heterocycles. The van der Waals surface area contributed by atoms with E-state index in [1.807, 2.05) is 0 Å². The molecule has 2 fully saturated rings. The summed E-state index contributed by atoms with van der Waals surface area (Å²) < 4.78 is 53.4. The van der Waals surface area contributed by atoms with E-state index in [4.69, 9.17) is 20.9 Å². The van der Waals surface area contributed by atoms with Crippen molar-refractivity contribution >= 4 is 23.6 Å². The number of carbonyl (C=O) groups is 2. The molecule has 2 aliphatic rings. The normalized spacial score (nSPS) is 16.9. The van der Waals surface area contributed by atoms with Gasteiger partial charge in [-0.15, -0.1) is 0 Å². The second kappa shape index (κ2) is 10.4. The molecule has 0 radical (unpaired) electrons. The predicted octanol–water partition coefficient (Wildman–Crippen LogP) is 4.82. The lowest BCUT2D eigenvalue weighted by Gasteiger charge is -2.35. The van der Waals surface area contributed by atoms with Crippen molar-refractivity contribution in [2.45, 2.75) is 57.6 Å².